The summed E-state index contributed by atoms with van der Waals surface area (Å²) in [4.78, 5) is 10.7. The lowest BCUT2D eigenvalue weighted by Gasteiger charge is -2.14. The van der Waals surface area contributed by atoms with Crippen LogP contribution in [0.3, 0.4) is 0 Å². The van der Waals surface area contributed by atoms with Gasteiger partial charge in [-0.15, -0.1) is 5.10 Å². The molecule has 0 aliphatic rings. The lowest BCUT2D eigenvalue weighted by molar-refractivity contribution is 0.0690. The SMILES string of the molecule is C[C@H](NCCn1cc(C(=O)O)nn1)c1cccc(Cl)c1. The highest BCUT2D eigenvalue weighted by Crippen LogP contribution is 2.16. The van der Waals surface area contributed by atoms with E-state index < -0.39 is 5.97 Å². The van der Waals surface area contributed by atoms with Crippen LogP contribution >= 0.6 is 11.6 Å². The first-order chi connectivity index (χ1) is 9.56. The first-order valence-corrected chi connectivity index (χ1v) is 6.56. The molecule has 0 aliphatic carbocycles. The minimum atomic E-state index is -1.07. The first kappa shape index (κ1) is 14.5. The van der Waals surface area contributed by atoms with Crippen molar-refractivity contribution in [3.05, 3.63) is 46.7 Å². The second-order valence-electron chi connectivity index (χ2n) is 4.40. The molecular weight excluding hydrogens is 280 g/mol. The molecule has 0 amide bonds. The average molecular weight is 295 g/mol. The number of rotatable bonds is 6. The molecule has 0 saturated heterocycles. The number of carboxylic acid groups (broad SMARTS) is 1. The van der Waals surface area contributed by atoms with Crippen molar-refractivity contribution in [3.8, 4) is 0 Å². The van der Waals surface area contributed by atoms with E-state index in [-0.39, 0.29) is 11.7 Å². The van der Waals surface area contributed by atoms with Crippen LogP contribution in [-0.2, 0) is 6.54 Å². The number of aromatic nitrogens is 3. The first-order valence-electron chi connectivity index (χ1n) is 6.18. The van der Waals surface area contributed by atoms with Gasteiger partial charge in [-0.05, 0) is 24.6 Å². The minimum absolute atomic E-state index is 0.0483. The Bertz CT molecular complexity index is 600. The third kappa shape index (κ3) is 3.79. The van der Waals surface area contributed by atoms with Crippen LogP contribution in [0.15, 0.2) is 30.5 Å². The fourth-order valence-corrected chi connectivity index (χ4v) is 1.99. The van der Waals surface area contributed by atoms with Gasteiger partial charge in [0, 0.05) is 17.6 Å². The van der Waals surface area contributed by atoms with Crippen molar-refractivity contribution in [2.75, 3.05) is 6.54 Å². The van der Waals surface area contributed by atoms with E-state index in [1.165, 1.54) is 10.9 Å². The number of carbonyl (C=O) groups is 1. The van der Waals surface area contributed by atoms with Gasteiger partial charge in [-0.3, -0.25) is 4.68 Å². The Morgan fingerprint density at radius 1 is 1.55 bits per heavy atom. The molecule has 2 N–H and O–H groups in total. The molecule has 1 atom stereocenters. The van der Waals surface area contributed by atoms with Crippen molar-refractivity contribution in [2.45, 2.75) is 19.5 Å². The summed E-state index contributed by atoms with van der Waals surface area (Å²) < 4.78 is 1.50. The zero-order valence-corrected chi connectivity index (χ0v) is 11.7. The van der Waals surface area contributed by atoms with Gasteiger partial charge >= 0.3 is 5.97 Å². The lowest BCUT2D eigenvalue weighted by atomic mass is 10.1. The van der Waals surface area contributed by atoms with E-state index in [2.05, 4.69) is 15.6 Å². The number of hydrogen-bond donors (Lipinski definition) is 2. The number of carboxylic acids is 1. The summed E-state index contributed by atoms with van der Waals surface area (Å²) in [5.41, 5.74) is 1.05. The second-order valence-corrected chi connectivity index (χ2v) is 4.84. The molecule has 6 nitrogen and oxygen atoms in total. The molecule has 0 saturated carbocycles. The van der Waals surface area contributed by atoms with Crippen molar-refractivity contribution in [3.63, 3.8) is 0 Å². The number of aromatic carboxylic acids is 1. The van der Waals surface area contributed by atoms with E-state index in [1.54, 1.807) is 0 Å². The number of nitrogens with zero attached hydrogens (tertiary/aromatic N) is 3. The molecule has 0 fully saturated rings. The molecule has 0 bridgehead atoms. The van der Waals surface area contributed by atoms with Gasteiger partial charge in [0.15, 0.2) is 5.69 Å². The van der Waals surface area contributed by atoms with Crippen molar-refractivity contribution in [1.29, 1.82) is 0 Å². The maximum atomic E-state index is 10.7. The van der Waals surface area contributed by atoms with E-state index in [0.717, 1.165) is 5.56 Å². The fraction of sp³-hybridized carbons (Fsp3) is 0.308. The van der Waals surface area contributed by atoms with Gasteiger partial charge < -0.3 is 10.4 Å². The second kappa shape index (κ2) is 6.49. The van der Waals surface area contributed by atoms with Gasteiger partial charge in [0.2, 0.25) is 0 Å². The number of hydrogen-bond acceptors (Lipinski definition) is 4. The summed E-state index contributed by atoms with van der Waals surface area (Å²) in [5.74, 6) is -1.07. The van der Waals surface area contributed by atoms with Gasteiger partial charge in [-0.2, -0.15) is 0 Å². The highest BCUT2D eigenvalue weighted by Gasteiger charge is 2.08. The van der Waals surface area contributed by atoms with Gasteiger partial charge in [0.1, 0.15) is 0 Å². The van der Waals surface area contributed by atoms with E-state index in [9.17, 15) is 4.79 Å². The number of benzene rings is 1. The maximum absolute atomic E-state index is 10.7. The standard InChI is InChI=1S/C13H15ClN4O2/c1-9(10-3-2-4-11(14)7-10)15-5-6-18-8-12(13(19)20)16-17-18/h2-4,7-9,15H,5-6H2,1H3,(H,19,20)/t9-/m0/s1. The Kier molecular flexibility index (Phi) is 4.70. The van der Waals surface area contributed by atoms with Crippen molar-refractivity contribution in [2.24, 2.45) is 0 Å². The summed E-state index contributed by atoms with van der Waals surface area (Å²) in [7, 11) is 0. The summed E-state index contributed by atoms with van der Waals surface area (Å²) in [5, 5.41) is 20.1. The monoisotopic (exact) mass is 294 g/mol. The predicted molar refractivity (Wildman–Crippen MR) is 74.9 cm³/mol. The Hall–Kier alpha value is -1.92. The Balaban J connectivity index is 1.84. The summed E-state index contributed by atoms with van der Waals surface area (Å²) >= 11 is 5.95. The molecule has 2 rings (SSSR count). The zero-order chi connectivity index (χ0) is 14.5. The summed E-state index contributed by atoms with van der Waals surface area (Å²) in [6.07, 6.45) is 1.41. The van der Waals surface area contributed by atoms with Crippen LogP contribution in [0.5, 0.6) is 0 Å². The molecule has 106 valence electrons. The molecule has 1 heterocycles. The number of nitrogens with one attached hydrogen (secondary N) is 1. The Labute approximate surface area is 121 Å². The third-order valence-corrected chi connectivity index (χ3v) is 3.13. The highest BCUT2D eigenvalue weighted by molar-refractivity contribution is 6.30. The van der Waals surface area contributed by atoms with Crippen LogP contribution in [-0.4, -0.2) is 32.6 Å². The van der Waals surface area contributed by atoms with Gasteiger partial charge in [-0.1, -0.05) is 28.9 Å². The van der Waals surface area contributed by atoms with Crippen molar-refractivity contribution >= 4 is 17.6 Å². The largest absolute Gasteiger partial charge is 0.476 e. The van der Waals surface area contributed by atoms with Crippen LogP contribution in [0, 0.1) is 0 Å². The zero-order valence-electron chi connectivity index (χ0n) is 11.0. The van der Waals surface area contributed by atoms with Gasteiger partial charge in [0.25, 0.3) is 0 Å². The maximum Gasteiger partial charge on any atom is 0.358 e. The van der Waals surface area contributed by atoms with Crippen LogP contribution in [0.25, 0.3) is 0 Å². The molecule has 0 spiro atoms. The summed E-state index contributed by atoms with van der Waals surface area (Å²) in [6.45, 7) is 3.23. The van der Waals surface area contributed by atoms with Crippen LogP contribution in [0.1, 0.15) is 29.0 Å². The molecule has 0 unspecified atom stereocenters. The molecule has 20 heavy (non-hydrogen) atoms. The Morgan fingerprint density at radius 2 is 2.35 bits per heavy atom. The average Bonchev–Trinajstić information content (AvgIpc) is 2.87. The van der Waals surface area contributed by atoms with Crippen LogP contribution in [0.4, 0.5) is 0 Å². The van der Waals surface area contributed by atoms with Crippen LogP contribution < -0.4 is 5.32 Å². The van der Waals surface area contributed by atoms with Crippen LogP contribution in [0.2, 0.25) is 5.02 Å². The van der Waals surface area contributed by atoms with E-state index >= 15 is 0 Å². The molecule has 7 heteroatoms. The topological polar surface area (TPSA) is 80.0 Å². The van der Waals surface area contributed by atoms with Crippen molar-refractivity contribution in [1.82, 2.24) is 20.3 Å². The molecule has 2 aromatic rings. The van der Waals surface area contributed by atoms with Gasteiger partial charge in [-0.25, -0.2) is 4.79 Å². The molecule has 0 radical (unpaired) electrons. The summed E-state index contributed by atoms with van der Waals surface area (Å²) in [6, 6.07) is 7.81. The Morgan fingerprint density at radius 3 is 3.00 bits per heavy atom. The molecule has 1 aromatic carbocycles. The quantitative estimate of drug-likeness (QED) is 0.851. The third-order valence-electron chi connectivity index (χ3n) is 2.90. The van der Waals surface area contributed by atoms with E-state index in [1.807, 2.05) is 31.2 Å². The number of halogens is 1. The smallest absolute Gasteiger partial charge is 0.358 e. The van der Waals surface area contributed by atoms with Gasteiger partial charge in [0.05, 0.1) is 12.7 Å². The van der Waals surface area contributed by atoms with Crippen molar-refractivity contribution < 1.29 is 9.90 Å². The predicted octanol–water partition coefficient (Wildman–Crippen LogP) is 1.98. The lowest BCUT2D eigenvalue weighted by Crippen LogP contribution is -2.23. The minimum Gasteiger partial charge on any atom is -0.476 e. The van der Waals surface area contributed by atoms with E-state index in [0.29, 0.717) is 18.1 Å². The molecular formula is C13H15ClN4O2. The highest BCUT2D eigenvalue weighted by atomic mass is 35.5. The normalized spacial score (nSPS) is 12.3. The molecule has 1 aromatic heterocycles. The fourth-order valence-electron chi connectivity index (χ4n) is 1.80. The van der Waals surface area contributed by atoms with E-state index in [4.69, 9.17) is 16.7 Å². The molecule has 0 aliphatic heterocycles.